The first-order chi connectivity index (χ1) is 10.4. The zero-order valence-corrected chi connectivity index (χ0v) is 11.4. The summed E-state index contributed by atoms with van der Waals surface area (Å²) in [5, 5.41) is 5.90. The van der Waals surface area contributed by atoms with Gasteiger partial charge in [-0.15, -0.1) is 6.58 Å². The molecule has 0 fully saturated rings. The highest BCUT2D eigenvalue weighted by Gasteiger charge is 2.38. The van der Waals surface area contributed by atoms with Crippen molar-refractivity contribution in [2.45, 2.75) is 12.6 Å². The molecule has 1 aromatic heterocycles. The lowest BCUT2D eigenvalue weighted by atomic mass is 10.1. The van der Waals surface area contributed by atoms with E-state index in [-0.39, 0.29) is 18.2 Å². The fourth-order valence-corrected chi connectivity index (χ4v) is 1.66. The second-order valence-electron chi connectivity index (χ2n) is 4.39. The van der Waals surface area contributed by atoms with Gasteiger partial charge < -0.3 is 9.84 Å². The van der Waals surface area contributed by atoms with E-state index in [0.29, 0.717) is 17.7 Å². The Morgan fingerprint density at radius 2 is 2.00 bits per heavy atom. The van der Waals surface area contributed by atoms with Crippen molar-refractivity contribution in [3.63, 3.8) is 0 Å². The number of aromatic nitrogens is 2. The van der Waals surface area contributed by atoms with Gasteiger partial charge in [0.05, 0.1) is 0 Å². The smallest absolute Gasteiger partial charge is 0.349 e. The number of hydrogen-bond acceptors (Lipinski definition) is 4. The molecule has 0 saturated heterocycles. The van der Waals surface area contributed by atoms with Crippen LogP contribution in [0.2, 0.25) is 0 Å². The Morgan fingerprint density at radius 1 is 1.32 bits per heavy atom. The maximum atomic E-state index is 12.3. The van der Waals surface area contributed by atoms with Gasteiger partial charge in [-0.25, -0.2) is 0 Å². The van der Waals surface area contributed by atoms with Crippen LogP contribution < -0.4 is 5.32 Å². The molecular weight excluding hydrogens is 299 g/mol. The Morgan fingerprint density at radius 3 is 2.55 bits per heavy atom. The summed E-state index contributed by atoms with van der Waals surface area (Å²) in [6, 6.07) is 6.37. The molecule has 0 aliphatic carbocycles. The van der Waals surface area contributed by atoms with Gasteiger partial charge in [-0.3, -0.25) is 4.79 Å². The number of benzene rings is 1. The number of carbonyl (C=O) groups is 1. The third-order valence-corrected chi connectivity index (χ3v) is 2.70. The largest absolute Gasteiger partial charge is 0.471 e. The zero-order chi connectivity index (χ0) is 16.2. The quantitative estimate of drug-likeness (QED) is 0.862. The summed E-state index contributed by atoms with van der Waals surface area (Å²) < 4.78 is 41.2. The van der Waals surface area contributed by atoms with Crippen LogP contribution in [0.3, 0.4) is 0 Å². The molecule has 1 aromatic carbocycles. The highest BCUT2D eigenvalue weighted by Crippen LogP contribution is 2.27. The van der Waals surface area contributed by atoms with E-state index in [1.807, 2.05) is 0 Å². The van der Waals surface area contributed by atoms with Gasteiger partial charge in [0.15, 0.2) is 5.82 Å². The van der Waals surface area contributed by atoms with Crippen molar-refractivity contribution < 1.29 is 22.5 Å². The summed E-state index contributed by atoms with van der Waals surface area (Å²) >= 11 is 0. The predicted octanol–water partition coefficient (Wildman–Crippen LogP) is 2.60. The lowest BCUT2D eigenvalue weighted by molar-refractivity contribution is -0.159. The molecule has 0 spiro atoms. The summed E-state index contributed by atoms with van der Waals surface area (Å²) in [7, 11) is 0. The molecule has 5 nitrogen and oxygen atoms in total. The fraction of sp³-hybridized carbons (Fsp3) is 0.214. The Kier molecular flexibility index (Phi) is 4.59. The van der Waals surface area contributed by atoms with Crippen molar-refractivity contribution in [3.05, 3.63) is 59.8 Å². The van der Waals surface area contributed by atoms with Crippen molar-refractivity contribution in [3.8, 4) is 0 Å². The predicted molar refractivity (Wildman–Crippen MR) is 71.1 cm³/mol. The number of carbonyl (C=O) groups excluding carboxylic acids is 1. The minimum Gasteiger partial charge on any atom is -0.349 e. The molecule has 2 aromatic rings. The van der Waals surface area contributed by atoms with Crippen LogP contribution in [0.15, 0.2) is 41.4 Å². The SMILES string of the molecule is C=CCNC(=O)c1ccc(Cc2noc(C(F)(F)F)n2)cc1. The lowest BCUT2D eigenvalue weighted by Crippen LogP contribution is -2.23. The van der Waals surface area contributed by atoms with Gasteiger partial charge in [-0.1, -0.05) is 23.4 Å². The standard InChI is InChI=1S/C14H12F3N3O2/c1-2-7-18-12(21)10-5-3-9(4-6-10)8-11-19-13(22-20-11)14(15,16)17/h2-6H,1,7-8H2,(H,18,21). The van der Waals surface area contributed by atoms with Gasteiger partial charge in [0.2, 0.25) is 0 Å². The Labute approximate surface area is 123 Å². The number of nitrogens with one attached hydrogen (secondary N) is 1. The molecule has 116 valence electrons. The molecule has 0 bridgehead atoms. The van der Waals surface area contributed by atoms with E-state index in [1.54, 1.807) is 30.3 Å². The number of rotatable bonds is 5. The molecule has 1 heterocycles. The minimum absolute atomic E-state index is 0.0730. The second kappa shape index (κ2) is 6.42. The van der Waals surface area contributed by atoms with Gasteiger partial charge in [-0.2, -0.15) is 18.2 Å². The van der Waals surface area contributed by atoms with E-state index < -0.39 is 12.1 Å². The van der Waals surface area contributed by atoms with Crippen LogP contribution in [0.25, 0.3) is 0 Å². The number of amides is 1. The fourth-order valence-electron chi connectivity index (χ4n) is 1.66. The van der Waals surface area contributed by atoms with Crippen LogP contribution >= 0.6 is 0 Å². The second-order valence-corrected chi connectivity index (χ2v) is 4.39. The summed E-state index contributed by atoms with van der Waals surface area (Å²) in [4.78, 5) is 14.9. The maximum absolute atomic E-state index is 12.3. The monoisotopic (exact) mass is 311 g/mol. The molecule has 8 heteroatoms. The average Bonchev–Trinajstić information content (AvgIpc) is 2.94. The molecule has 0 atom stereocenters. The van der Waals surface area contributed by atoms with E-state index in [1.165, 1.54) is 0 Å². The van der Waals surface area contributed by atoms with Gasteiger partial charge >= 0.3 is 12.1 Å². The average molecular weight is 311 g/mol. The molecule has 0 aliphatic heterocycles. The molecule has 0 aliphatic rings. The van der Waals surface area contributed by atoms with Crippen molar-refractivity contribution in [1.82, 2.24) is 15.5 Å². The molecule has 1 amide bonds. The Bertz CT molecular complexity index is 663. The van der Waals surface area contributed by atoms with Crippen molar-refractivity contribution in [2.75, 3.05) is 6.54 Å². The number of alkyl halides is 3. The highest BCUT2D eigenvalue weighted by atomic mass is 19.4. The van der Waals surface area contributed by atoms with Crippen LogP contribution in [0.1, 0.15) is 27.6 Å². The Hall–Kier alpha value is -2.64. The topological polar surface area (TPSA) is 68.0 Å². The molecule has 0 radical (unpaired) electrons. The first kappa shape index (κ1) is 15.7. The van der Waals surface area contributed by atoms with Gasteiger partial charge in [0, 0.05) is 18.5 Å². The van der Waals surface area contributed by atoms with E-state index in [0.717, 1.165) is 0 Å². The molecule has 2 rings (SSSR count). The van der Waals surface area contributed by atoms with Crippen molar-refractivity contribution in [1.29, 1.82) is 0 Å². The zero-order valence-electron chi connectivity index (χ0n) is 11.4. The first-order valence-electron chi connectivity index (χ1n) is 6.28. The third kappa shape index (κ3) is 3.94. The van der Waals surface area contributed by atoms with E-state index in [4.69, 9.17) is 0 Å². The van der Waals surface area contributed by atoms with Crippen LogP contribution in [0.4, 0.5) is 13.2 Å². The number of nitrogens with zero attached hydrogens (tertiary/aromatic N) is 2. The lowest BCUT2D eigenvalue weighted by Gasteiger charge is -2.03. The molecule has 1 N–H and O–H groups in total. The highest BCUT2D eigenvalue weighted by molar-refractivity contribution is 5.94. The summed E-state index contributed by atoms with van der Waals surface area (Å²) in [5.74, 6) is -1.70. The summed E-state index contributed by atoms with van der Waals surface area (Å²) in [5.41, 5.74) is 1.10. The number of hydrogen-bond donors (Lipinski definition) is 1. The minimum atomic E-state index is -4.65. The van der Waals surface area contributed by atoms with Crippen LogP contribution in [0, 0.1) is 0 Å². The first-order valence-corrected chi connectivity index (χ1v) is 6.28. The van der Waals surface area contributed by atoms with Crippen molar-refractivity contribution in [2.24, 2.45) is 0 Å². The van der Waals surface area contributed by atoms with Crippen LogP contribution in [-0.4, -0.2) is 22.6 Å². The Balaban J connectivity index is 2.03. The van der Waals surface area contributed by atoms with E-state index >= 15 is 0 Å². The van der Waals surface area contributed by atoms with Gasteiger partial charge in [0.1, 0.15) is 0 Å². The summed E-state index contributed by atoms with van der Waals surface area (Å²) in [6.45, 7) is 3.84. The molecule has 0 saturated carbocycles. The van der Waals surface area contributed by atoms with Gasteiger partial charge in [-0.05, 0) is 17.7 Å². The summed E-state index contributed by atoms with van der Waals surface area (Å²) in [6.07, 6.45) is -3.02. The van der Waals surface area contributed by atoms with E-state index in [9.17, 15) is 18.0 Å². The third-order valence-electron chi connectivity index (χ3n) is 2.70. The normalized spacial score (nSPS) is 11.2. The van der Waals surface area contributed by atoms with E-state index in [2.05, 4.69) is 26.6 Å². The van der Waals surface area contributed by atoms with Crippen LogP contribution in [-0.2, 0) is 12.6 Å². The van der Waals surface area contributed by atoms with Crippen molar-refractivity contribution >= 4 is 5.91 Å². The maximum Gasteiger partial charge on any atom is 0.471 e. The molecule has 22 heavy (non-hydrogen) atoms. The van der Waals surface area contributed by atoms with Crippen LogP contribution in [0.5, 0.6) is 0 Å². The molecule has 0 unspecified atom stereocenters. The molecular formula is C14H12F3N3O2. The number of halogens is 3. The van der Waals surface area contributed by atoms with Gasteiger partial charge in [0.25, 0.3) is 5.91 Å².